The van der Waals surface area contributed by atoms with Crippen molar-refractivity contribution < 1.29 is 13.9 Å². The molecule has 0 saturated heterocycles. The molecule has 0 aromatic heterocycles. The van der Waals surface area contributed by atoms with Crippen molar-refractivity contribution in [3.05, 3.63) is 59.9 Å². The lowest BCUT2D eigenvalue weighted by molar-refractivity contribution is 0.146. The number of halogens is 1. The minimum atomic E-state index is -0.223. The van der Waals surface area contributed by atoms with E-state index in [9.17, 15) is 4.39 Å². The summed E-state index contributed by atoms with van der Waals surface area (Å²) >= 11 is 0. The van der Waals surface area contributed by atoms with Gasteiger partial charge in [-0.05, 0) is 36.8 Å². The van der Waals surface area contributed by atoms with Gasteiger partial charge in [-0.2, -0.15) is 0 Å². The second-order valence-corrected chi connectivity index (χ2v) is 4.79. The van der Waals surface area contributed by atoms with Crippen LogP contribution in [0.4, 0.5) is 10.1 Å². The van der Waals surface area contributed by atoms with E-state index < -0.39 is 0 Å². The van der Waals surface area contributed by atoms with Crippen LogP contribution in [0.5, 0.6) is 5.75 Å². The Kier molecular flexibility index (Phi) is 5.58. The Morgan fingerprint density at radius 3 is 2.57 bits per heavy atom. The molecule has 4 heteroatoms. The van der Waals surface area contributed by atoms with E-state index >= 15 is 0 Å². The average molecular weight is 289 g/mol. The fourth-order valence-electron chi connectivity index (χ4n) is 2.00. The number of anilines is 1. The highest BCUT2D eigenvalue weighted by atomic mass is 19.1. The van der Waals surface area contributed by atoms with E-state index in [1.54, 1.807) is 19.2 Å². The number of nitrogens with one attached hydrogen (secondary N) is 1. The van der Waals surface area contributed by atoms with Gasteiger partial charge in [-0.25, -0.2) is 4.39 Å². The van der Waals surface area contributed by atoms with E-state index in [1.807, 2.05) is 31.2 Å². The second-order valence-electron chi connectivity index (χ2n) is 4.79. The minimum Gasteiger partial charge on any atom is -0.491 e. The van der Waals surface area contributed by atoms with Crippen LogP contribution < -0.4 is 10.1 Å². The monoisotopic (exact) mass is 289 g/mol. The molecule has 0 saturated carbocycles. The summed E-state index contributed by atoms with van der Waals surface area (Å²) < 4.78 is 23.5. The third-order valence-electron chi connectivity index (χ3n) is 3.14. The maximum atomic E-state index is 12.9. The highest BCUT2D eigenvalue weighted by Crippen LogP contribution is 2.23. The molecule has 0 fully saturated rings. The number of benzene rings is 2. The first-order valence-electron chi connectivity index (χ1n) is 6.93. The number of methoxy groups -OCH3 is 1. The number of rotatable bonds is 7. The van der Waals surface area contributed by atoms with Crippen molar-refractivity contribution in [2.24, 2.45) is 0 Å². The number of hydrogen-bond acceptors (Lipinski definition) is 3. The van der Waals surface area contributed by atoms with E-state index in [-0.39, 0.29) is 11.9 Å². The second kappa shape index (κ2) is 7.64. The average Bonchev–Trinajstić information content (AvgIpc) is 2.48. The van der Waals surface area contributed by atoms with Crippen molar-refractivity contribution >= 4 is 5.69 Å². The summed E-state index contributed by atoms with van der Waals surface area (Å²) in [7, 11) is 1.64. The Labute approximate surface area is 124 Å². The van der Waals surface area contributed by atoms with Crippen molar-refractivity contribution in [3.63, 3.8) is 0 Å². The van der Waals surface area contributed by atoms with Crippen LogP contribution >= 0.6 is 0 Å². The van der Waals surface area contributed by atoms with Crippen LogP contribution in [0.25, 0.3) is 0 Å². The molecule has 3 nitrogen and oxygen atoms in total. The molecule has 0 aliphatic carbocycles. The van der Waals surface area contributed by atoms with E-state index in [0.717, 1.165) is 17.0 Å². The molecule has 21 heavy (non-hydrogen) atoms. The summed E-state index contributed by atoms with van der Waals surface area (Å²) in [6.45, 7) is 3.11. The lowest BCUT2D eigenvalue weighted by Crippen LogP contribution is -2.07. The van der Waals surface area contributed by atoms with Crippen LogP contribution in [0.15, 0.2) is 48.5 Å². The number of ether oxygens (including phenoxy) is 2. The third kappa shape index (κ3) is 4.76. The Hall–Kier alpha value is -2.07. The summed E-state index contributed by atoms with van der Waals surface area (Å²) in [6.07, 6.45) is 0. The molecule has 0 aliphatic rings. The first kappa shape index (κ1) is 15.3. The van der Waals surface area contributed by atoms with Crippen LogP contribution in [-0.2, 0) is 4.74 Å². The maximum absolute atomic E-state index is 12.9. The predicted octanol–water partition coefficient (Wildman–Crippen LogP) is 4.02. The van der Waals surface area contributed by atoms with E-state index in [1.165, 1.54) is 12.1 Å². The maximum Gasteiger partial charge on any atom is 0.123 e. The van der Waals surface area contributed by atoms with Gasteiger partial charge in [-0.1, -0.05) is 18.2 Å². The Morgan fingerprint density at radius 1 is 1.10 bits per heavy atom. The Morgan fingerprint density at radius 2 is 1.86 bits per heavy atom. The van der Waals surface area contributed by atoms with Gasteiger partial charge in [-0.3, -0.25) is 0 Å². The van der Waals surface area contributed by atoms with Gasteiger partial charge in [0.05, 0.1) is 6.61 Å². The van der Waals surface area contributed by atoms with Crippen LogP contribution in [0.1, 0.15) is 18.5 Å². The van der Waals surface area contributed by atoms with Crippen LogP contribution in [-0.4, -0.2) is 20.3 Å². The normalized spacial score (nSPS) is 12.0. The molecule has 1 atom stereocenters. The predicted molar refractivity (Wildman–Crippen MR) is 82.3 cm³/mol. The largest absolute Gasteiger partial charge is 0.491 e. The zero-order valence-corrected chi connectivity index (χ0v) is 12.3. The molecule has 0 bridgehead atoms. The molecule has 2 aromatic carbocycles. The molecule has 0 spiro atoms. The lowest BCUT2D eigenvalue weighted by Gasteiger charge is -2.16. The molecule has 112 valence electrons. The molecule has 1 unspecified atom stereocenters. The lowest BCUT2D eigenvalue weighted by atomic mass is 10.1. The van der Waals surface area contributed by atoms with E-state index in [0.29, 0.717) is 13.2 Å². The standard InChI is InChI=1S/C17H20FNO2/c1-13(14-6-8-15(18)9-7-14)19-16-4-3-5-17(12-16)21-11-10-20-2/h3-9,12-13,19H,10-11H2,1-2H3. The molecule has 0 aliphatic heterocycles. The van der Waals surface area contributed by atoms with E-state index in [4.69, 9.17) is 9.47 Å². The van der Waals surface area contributed by atoms with Gasteiger partial charge in [0.1, 0.15) is 18.2 Å². The summed E-state index contributed by atoms with van der Waals surface area (Å²) in [5.74, 6) is 0.572. The first-order chi connectivity index (χ1) is 10.2. The summed E-state index contributed by atoms with van der Waals surface area (Å²) in [5, 5.41) is 3.37. The van der Waals surface area contributed by atoms with Gasteiger partial charge in [0.25, 0.3) is 0 Å². The van der Waals surface area contributed by atoms with Crippen molar-refractivity contribution in [2.45, 2.75) is 13.0 Å². The fourth-order valence-corrected chi connectivity index (χ4v) is 2.00. The summed E-state index contributed by atoms with van der Waals surface area (Å²) in [4.78, 5) is 0. The quantitative estimate of drug-likeness (QED) is 0.781. The van der Waals surface area contributed by atoms with Gasteiger partial charge in [0.2, 0.25) is 0 Å². The zero-order valence-electron chi connectivity index (χ0n) is 12.3. The van der Waals surface area contributed by atoms with Crippen molar-refractivity contribution in [1.29, 1.82) is 0 Å². The molecular formula is C17H20FNO2. The van der Waals surface area contributed by atoms with Gasteiger partial charge in [0.15, 0.2) is 0 Å². The van der Waals surface area contributed by atoms with Crippen LogP contribution in [0.2, 0.25) is 0 Å². The topological polar surface area (TPSA) is 30.5 Å². The van der Waals surface area contributed by atoms with E-state index in [2.05, 4.69) is 5.32 Å². The third-order valence-corrected chi connectivity index (χ3v) is 3.14. The molecule has 0 heterocycles. The summed E-state index contributed by atoms with van der Waals surface area (Å²) in [5.41, 5.74) is 1.99. The minimum absolute atomic E-state index is 0.0832. The van der Waals surface area contributed by atoms with Crippen molar-refractivity contribution in [2.75, 3.05) is 25.6 Å². The Balaban J connectivity index is 1.98. The van der Waals surface area contributed by atoms with Crippen molar-refractivity contribution in [1.82, 2.24) is 0 Å². The zero-order chi connectivity index (χ0) is 15.1. The molecule has 2 rings (SSSR count). The molecule has 0 amide bonds. The highest BCUT2D eigenvalue weighted by Gasteiger charge is 2.06. The van der Waals surface area contributed by atoms with Gasteiger partial charge in [-0.15, -0.1) is 0 Å². The highest BCUT2D eigenvalue weighted by molar-refractivity contribution is 5.49. The molecule has 2 aromatic rings. The first-order valence-corrected chi connectivity index (χ1v) is 6.93. The molecule has 1 N–H and O–H groups in total. The van der Waals surface area contributed by atoms with Crippen LogP contribution in [0.3, 0.4) is 0 Å². The van der Waals surface area contributed by atoms with Gasteiger partial charge in [0, 0.05) is 24.9 Å². The van der Waals surface area contributed by atoms with Crippen LogP contribution in [0, 0.1) is 5.82 Å². The SMILES string of the molecule is COCCOc1cccc(NC(C)c2ccc(F)cc2)c1. The number of hydrogen-bond donors (Lipinski definition) is 1. The Bertz CT molecular complexity index is 557. The molecular weight excluding hydrogens is 269 g/mol. The van der Waals surface area contributed by atoms with Gasteiger partial charge >= 0.3 is 0 Å². The summed E-state index contributed by atoms with van der Waals surface area (Å²) in [6, 6.07) is 14.3. The fraction of sp³-hybridized carbons (Fsp3) is 0.294. The van der Waals surface area contributed by atoms with Gasteiger partial charge < -0.3 is 14.8 Å². The molecule has 0 radical (unpaired) electrons. The smallest absolute Gasteiger partial charge is 0.123 e. The van der Waals surface area contributed by atoms with Crippen molar-refractivity contribution in [3.8, 4) is 5.75 Å².